The SMILES string of the molecule is Cl.O=C(CCN(CC1CCCCC1)C1CC1)N1CCNCC1. The van der Waals surface area contributed by atoms with Crippen molar-refractivity contribution in [1.29, 1.82) is 0 Å². The van der Waals surface area contributed by atoms with Crippen LogP contribution in [0.4, 0.5) is 0 Å². The van der Waals surface area contributed by atoms with Crippen molar-refractivity contribution in [2.75, 3.05) is 39.3 Å². The molecule has 0 atom stereocenters. The number of hydrogen-bond acceptors (Lipinski definition) is 3. The summed E-state index contributed by atoms with van der Waals surface area (Å²) in [5.41, 5.74) is 0. The van der Waals surface area contributed by atoms with Crippen molar-refractivity contribution in [2.45, 2.75) is 57.4 Å². The maximum atomic E-state index is 12.3. The van der Waals surface area contributed by atoms with Gasteiger partial charge in [-0.05, 0) is 31.6 Å². The summed E-state index contributed by atoms with van der Waals surface area (Å²) in [5.74, 6) is 1.26. The molecule has 1 aliphatic heterocycles. The van der Waals surface area contributed by atoms with Crippen LogP contribution >= 0.6 is 12.4 Å². The van der Waals surface area contributed by atoms with Crippen LogP contribution in [0.25, 0.3) is 0 Å². The second-order valence-corrected chi connectivity index (χ2v) is 7.11. The average Bonchev–Trinajstić information content (AvgIpc) is 3.38. The summed E-state index contributed by atoms with van der Waals surface area (Å²) in [6, 6.07) is 0.794. The molecule has 1 amide bonds. The van der Waals surface area contributed by atoms with E-state index in [9.17, 15) is 4.79 Å². The summed E-state index contributed by atoms with van der Waals surface area (Å²) in [6.07, 6.45) is 10.5. The first-order valence-corrected chi connectivity index (χ1v) is 9.05. The Morgan fingerprint density at radius 2 is 1.73 bits per heavy atom. The highest BCUT2D eigenvalue weighted by molar-refractivity contribution is 5.85. The minimum absolute atomic E-state index is 0. The van der Waals surface area contributed by atoms with Crippen LogP contribution in [0.15, 0.2) is 0 Å². The van der Waals surface area contributed by atoms with Gasteiger partial charge in [-0.25, -0.2) is 0 Å². The predicted octanol–water partition coefficient (Wildman–Crippen LogP) is 2.27. The van der Waals surface area contributed by atoms with E-state index in [-0.39, 0.29) is 12.4 Å². The zero-order valence-electron chi connectivity index (χ0n) is 13.8. The first-order chi connectivity index (χ1) is 10.3. The second-order valence-electron chi connectivity index (χ2n) is 7.11. The van der Waals surface area contributed by atoms with E-state index in [0.29, 0.717) is 5.91 Å². The average molecular weight is 330 g/mol. The summed E-state index contributed by atoms with van der Waals surface area (Å²) < 4.78 is 0. The van der Waals surface area contributed by atoms with Crippen LogP contribution in [0.1, 0.15) is 51.4 Å². The van der Waals surface area contributed by atoms with E-state index in [2.05, 4.69) is 10.2 Å². The fraction of sp³-hybridized carbons (Fsp3) is 0.941. The maximum absolute atomic E-state index is 12.3. The molecule has 2 aliphatic carbocycles. The fourth-order valence-corrected chi connectivity index (χ4v) is 3.88. The first kappa shape index (κ1) is 18.0. The number of carbonyl (C=O) groups is 1. The van der Waals surface area contributed by atoms with E-state index in [1.165, 1.54) is 51.5 Å². The molecule has 0 spiro atoms. The minimum Gasteiger partial charge on any atom is -0.340 e. The van der Waals surface area contributed by atoms with E-state index in [1.54, 1.807) is 0 Å². The van der Waals surface area contributed by atoms with Crippen LogP contribution in [-0.4, -0.2) is 61.0 Å². The van der Waals surface area contributed by atoms with Crippen LogP contribution in [0.3, 0.4) is 0 Å². The van der Waals surface area contributed by atoms with Crippen LogP contribution in [0.5, 0.6) is 0 Å². The van der Waals surface area contributed by atoms with Crippen molar-refractivity contribution in [3.05, 3.63) is 0 Å². The van der Waals surface area contributed by atoms with E-state index >= 15 is 0 Å². The molecule has 3 aliphatic rings. The van der Waals surface area contributed by atoms with Crippen molar-refractivity contribution < 1.29 is 4.79 Å². The summed E-state index contributed by atoms with van der Waals surface area (Å²) in [7, 11) is 0. The van der Waals surface area contributed by atoms with Gasteiger partial charge in [0.2, 0.25) is 5.91 Å². The Bertz CT molecular complexity index is 337. The third-order valence-electron chi connectivity index (χ3n) is 5.36. The molecule has 1 saturated heterocycles. The Balaban J connectivity index is 0.00000176. The Hall–Kier alpha value is -0.320. The van der Waals surface area contributed by atoms with Crippen LogP contribution in [0, 0.1) is 5.92 Å². The summed E-state index contributed by atoms with van der Waals surface area (Å²) in [5, 5.41) is 3.31. The lowest BCUT2D eigenvalue weighted by molar-refractivity contribution is -0.132. The largest absolute Gasteiger partial charge is 0.340 e. The quantitative estimate of drug-likeness (QED) is 0.812. The molecule has 1 N–H and O–H groups in total. The zero-order valence-corrected chi connectivity index (χ0v) is 14.6. The van der Waals surface area contributed by atoms with Gasteiger partial charge in [-0.15, -0.1) is 12.4 Å². The molecule has 0 aromatic heterocycles. The summed E-state index contributed by atoms with van der Waals surface area (Å²) in [4.78, 5) is 17.0. The highest BCUT2D eigenvalue weighted by Crippen LogP contribution is 2.31. The van der Waals surface area contributed by atoms with Gasteiger partial charge in [0.25, 0.3) is 0 Å². The Labute approximate surface area is 141 Å². The zero-order chi connectivity index (χ0) is 14.5. The molecule has 0 radical (unpaired) electrons. The minimum atomic E-state index is 0. The fourth-order valence-electron chi connectivity index (χ4n) is 3.88. The number of rotatable bonds is 6. The van der Waals surface area contributed by atoms with Gasteiger partial charge < -0.3 is 10.2 Å². The molecule has 0 aromatic carbocycles. The molecule has 22 heavy (non-hydrogen) atoms. The topological polar surface area (TPSA) is 35.6 Å². The van der Waals surface area contributed by atoms with E-state index < -0.39 is 0 Å². The van der Waals surface area contributed by atoms with Crippen molar-refractivity contribution in [2.24, 2.45) is 5.92 Å². The molecule has 128 valence electrons. The van der Waals surface area contributed by atoms with Gasteiger partial charge in [-0.2, -0.15) is 0 Å². The third kappa shape index (κ3) is 5.39. The Kier molecular flexibility index (Phi) is 7.45. The number of nitrogens with zero attached hydrogens (tertiary/aromatic N) is 2. The highest BCUT2D eigenvalue weighted by Gasteiger charge is 2.31. The monoisotopic (exact) mass is 329 g/mol. The molecule has 1 heterocycles. The van der Waals surface area contributed by atoms with Gasteiger partial charge in [0, 0.05) is 51.7 Å². The molecule has 4 nitrogen and oxygen atoms in total. The normalized spacial score (nSPS) is 23.4. The first-order valence-electron chi connectivity index (χ1n) is 9.05. The van der Waals surface area contributed by atoms with Crippen molar-refractivity contribution in [1.82, 2.24) is 15.1 Å². The number of halogens is 1. The Morgan fingerprint density at radius 1 is 1.05 bits per heavy atom. The molecule has 3 rings (SSSR count). The van der Waals surface area contributed by atoms with Crippen molar-refractivity contribution in [3.8, 4) is 0 Å². The van der Waals surface area contributed by atoms with Gasteiger partial charge in [-0.1, -0.05) is 19.3 Å². The number of hydrogen-bond donors (Lipinski definition) is 1. The van der Waals surface area contributed by atoms with Gasteiger partial charge in [0.15, 0.2) is 0 Å². The Morgan fingerprint density at radius 3 is 2.36 bits per heavy atom. The van der Waals surface area contributed by atoms with E-state index in [0.717, 1.165) is 51.1 Å². The highest BCUT2D eigenvalue weighted by atomic mass is 35.5. The molecule has 3 fully saturated rings. The number of amides is 1. The van der Waals surface area contributed by atoms with Crippen molar-refractivity contribution >= 4 is 18.3 Å². The van der Waals surface area contributed by atoms with Gasteiger partial charge in [0.05, 0.1) is 0 Å². The predicted molar refractivity (Wildman–Crippen MR) is 92.5 cm³/mol. The molecule has 0 bridgehead atoms. The lowest BCUT2D eigenvalue weighted by Gasteiger charge is -2.31. The van der Waals surface area contributed by atoms with Gasteiger partial charge in [0.1, 0.15) is 0 Å². The molecular formula is C17H32ClN3O. The standard InChI is InChI=1S/C17H31N3O.ClH/c21-17(19-12-9-18-10-13-19)8-11-20(16-6-7-16)14-15-4-2-1-3-5-15;/h15-16,18H,1-14H2;1H. The van der Waals surface area contributed by atoms with Crippen LogP contribution < -0.4 is 5.32 Å². The number of nitrogens with one attached hydrogen (secondary N) is 1. The number of carbonyl (C=O) groups excluding carboxylic acids is 1. The lowest BCUT2D eigenvalue weighted by atomic mass is 9.89. The van der Waals surface area contributed by atoms with Crippen LogP contribution in [0.2, 0.25) is 0 Å². The summed E-state index contributed by atoms with van der Waals surface area (Å²) >= 11 is 0. The third-order valence-corrected chi connectivity index (χ3v) is 5.36. The van der Waals surface area contributed by atoms with Gasteiger partial charge >= 0.3 is 0 Å². The molecular weight excluding hydrogens is 298 g/mol. The van der Waals surface area contributed by atoms with Gasteiger partial charge in [-0.3, -0.25) is 9.69 Å². The van der Waals surface area contributed by atoms with Crippen molar-refractivity contribution in [3.63, 3.8) is 0 Å². The van der Waals surface area contributed by atoms with Crippen LogP contribution in [-0.2, 0) is 4.79 Å². The maximum Gasteiger partial charge on any atom is 0.223 e. The number of piperazine rings is 1. The second kappa shape index (κ2) is 9.09. The smallest absolute Gasteiger partial charge is 0.223 e. The summed E-state index contributed by atoms with van der Waals surface area (Å²) in [6.45, 7) is 5.94. The molecule has 5 heteroatoms. The molecule has 2 saturated carbocycles. The van der Waals surface area contributed by atoms with E-state index in [1.807, 2.05) is 4.90 Å². The molecule has 0 aromatic rings. The molecule has 0 unspecified atom stereocenters. The van der Waals surface area contributed by atoms with E-state index in [4.69, 9.17) is 0 Å². The lowest BCUT2D eigenvalue weighted by Crippen LogP contribution is -2.47.